The van der Waals surface area contributed by atoms with Gasteiger partial charge in [-0.2, -0.15) is 0 Å². The Bertz CT molecular complexity index is 259. The summed E-state index contributed by atoms with van der Waals surface area (Å²) in [5, 5.41) is 4.92. The molecule has 1 N–H and O–H groups in total. The topological polar surface area (TPSA) is 41.6 Å². The molecule has 3 rings (SSSR count). The molecule has 2 aliphatic heterocycles. The summed E-state index contributed by atoms with van der Waals surface area (Å²) in [4.78, 5) is 17.6. The number of carbonyl (C=O) groups is 1. The van der Waals surface area contributed by atoms with Crippen molar-refractivity contribution >= 4 is 5.91 Å². The first-order valence-electron chi connectivity index (χ1n) is 6.04. The third-order valence-electron chi connectivity index (χ3n) is 3.91. The van der Waals surface area contributed by atoms with Crippen molar-refractivity contribution in [3.05, 3.63) is 0 Å². The van der Waals surface area contributed by atoms with Crippen molar-refractivity contribution in [3.63, 3.8) is 0 Å². The summed E-state index contributed by atoms with van der Waals surface area (Å²) in [6.07, 6.45) is 5.63. The Hall–Kier alpha value is -0.610. The molecule has 3 fully saturated rings. The molecule has 15 heavy (non-hydrogen) atoms. The second-order valence-electron chi connectivity index (χ2n) is 4.91. The van der Waals surface area contributed by atoms with Gasteiger partial charge in [-0.15, -0.1) is 0 Å². The van der Waals surface area contributed by atoms with Crippen LogP contribution >= 0.6 is 0 Å². The van der Waals surface area contributed by atoms with Gasteiger partial charge in [0.05, 0.1) is 18.6 Å². The van der Waals surface area contributed by atoms with Gasteiger partial charge in [0, 0.05) is 6.54 Å². The Morgan fingerprint density at radius 1 is 1.33 bits per heavy atom. The smallest absolute Gasteiger partial charge is 0.249 e. The van der Waals surface area contributed by atoms with E-state index in [-0.39, 0.29) is 18.1 Å². The van der Waals surface area contributed by atoms with Crippen molar-refractivity contribution in [3.8, 4) is 0 Å². The van der Waals surface area contributed by atoms with Crippen molar-refractivity contribution in [2.24, 2.45) is 5.92 Å². The molecule has 0 aromatic heterocycles. The van der Waals surface area contributed by atoms with Crippen LogP contribution in [0.4, 0.5) is 0 Å². The van der Waals surface area contributed by atoms with Gasteiger partial charge in [0.25, 0.3) is 0 Å². The molecule has 1 saturated carbocycles. The van der Waals surface area contributed by atoms with E-state index in [9.17, 15) is 4.79 Å². The summed E-state index contributed by atoms with van der Waals surface area (Å²) in [6.45, 7) is 1.90. The molecule has 2 heterocycles. The lowest BCUT2D eigenvalue weighted by molar-refractivity contribution is -0.195. The van der Waals surface area contributed by atoms with Gasteiger partial charge in [0.15, 0.2) is 0 Å². The third kappa shape index (κ3) is 1.66. The number of hydrogen-bond donors (Lipinski definition) is 1. The molecular weight excluding hydrogens is 192 g/mol. The molecule has 1 amide bonds. The molecule has 2 saturated heterocycles. The molecule has 0 radical (unpaired) electrons. The standard InChI is InChI=1S/C11H18N2O2/c14-11-6-10(8-2-1-3-8)15-13(11)9-4-5-12-7-9/h8-10,12H,1-7H2. The number of nitrogens with zero attached hydrogens (tertiary/aromatic N) is 1. The molecule has 4 nitrogen and oxygen atoms in total. The van der Waals surface area contributed by atoms with Crippen LogP contribution in [0, 0.1) is 5.92 Å². The average molecular weight is 210 g/mol. The summed E-state index contributed by atoms with van der Waals surface area (Å²) in [6, 6.07) is 0.280. The van der Waals surface area contributed by atoms with Crippen LogP contribution in [0.2, 0.25) is 0 Å². The van der Waals surface area contributed by atoms with Gasteiger partial charge in [-0.05, 0) is 31.7 Å². The first kappa shape index (κ1) is 9.60. The van der Waals surface area contributed by atoms with Crippen molar-refractivity contribution in [2.75, 3.05) is 13.1 Å². The van der Waals surface area contributed by atoms with Gasteiger partial charge < -0.3 is 5.32 Å². The van der Waals surface area contributed by atoms with E-state index in [4.69, 9.17) is 4.84 Å². The lowest BCUT2D eigenvalue weighted by Gasteiger charge is -2.31. The highest BCUT2D eigenvalue weighted by Crippen LogP contribution is 2.36. The molecule has 2 unspecified atom stereocenters. The maximum absolute atomic E-state index is 11.8. The molecule has 84 valence electrons. The number of hydrogen-bond acceptors (Lipinski definition) is 3. The van der Waals surface area contributed by atoms with E-state index in [1.165, 1.54) is 19.3 Å². The minimum Gasteiger partial charge on any atom is -0.315 e. The van der Waals surface area contributed by atoms with Crippen LogP contribution in [0.1, 0.15) is 32.1 Å². The summed E-state index contributed by atoms with van der Waals surface area (Å²) >= 11 is 0. The van der Waals surface area contributed by atoms with Crippen LogP contribution in [0.15, 0.2) is 0 Å². The van der Waals surface area contributed by atoms with Crippen molar-refractivity contribution in [2.45, 2.75) is 44.2 Å². The van der Waals surface area contributed by atoms with E-state index in [0.29, 0.717) is 12.3 Å². The molecule has 0 aromatic carbocycles. The maximum atomic E-state index is 11.8. The first-order chi connectivity index (χ1) is 7.34. The normalized spacial score (nSPS) is 37.3. The van der Waals surface area contributed by atoms with Crippen molar-refractivity contribution in [1.82, 2.24) is 10.4 Å². The van der Waals surface area contributed by atoms with Crippen LogP contribution < -0.4 is 5.32 Å². The number of nitrogens with one attached hydrogen (secondary N) is 1. The van der Waals surface area contributed by atoms with Gasteiger partial charge in [0.2, 0.25) is 5.91 Å². The van der Waals surface area contributed by atoms with E-state index >= 15 is 0 Å². The molecular formula is C11H18N2O2. The fourth-order valence-corrected chi connectivity index (χ4v) is 2.70. The first-order valence-corrected chi connectivity index (χ1v) is 6.04. The van der Waals surface area contributed by atoms with Crippen LogP contribution in [-0.2, 0) is 9.63 Å². The van der Waals surface area contributed by atoms with Gasteiger partial charge in [-0.1, -0.05) is 6.42 Å². The van der Waals surface area contributed by atoms with Crippen molar-refractivity contribution < 1.29 is 9.63 Å². The Labute approximate surface area is 89.9 Å². The maximum Gasteiger partial charge on any atom is 0.249 e. The predicted molar refractivity (Wildman–Crippen MR) is 55.0 cm³/mol. The lowest BCUT2D eigenvalue weighted by atomic mass is 9.80. The Morgan fingerprint density at radius 2 is 2.20 bits per heavy atom. The van der Waals surface area contributed by atoms with Crippen LogP contribution in [0.5, 0.6) is 0 Å². The number of carbonyl (C=O) groups excluding carboxylic acids is 1. The molecule has 0 bridgehead atoms. The Kier molecular flexibility index (Phi) is 2.41. The Morgan fingerprint density at radius 3 is 2.80 bits per heavy atom. The number of hydroxylamine groups is 2. The number of rotatable bonds is 2. The lowest BCUT2D eigenvalue weighted by Crippen LogP contribution is -2.37. The van der Waals surface area contributed by atoms with E-state index in [0.717, 1.165) is 19.5 Å². The second kappa shape index (κ2) is 3.76. The monoisotopic (exact) mass is 210 g/mol. The summed E-state index contributed by atoms with van der Waals surface area (Å²) in [7, 11) is 0. The van der Waals surface area contributed by atoms with Crippen LogP contribution in [0.25, 0.3) is 0 Å². The highest BCUT2D eigenvalue weighted by atomic mass is 16.7. The van der Waals surface area contributed by atoms with E-state index < -0.39 is 0 Å². The molecule has 1 aliphatic carbocycles. The van der Waals surface area contributed by atoms with Crippen molar-refractivity contribution in [1.29, 1.82) is 0 Å². The van der Waals surface area contributed by atoms with E-state index in [2.05, 4.69) is 5.32 Å². The second-order valence-corrected chi connectivity index (χ2v) is 4.91. The zero-order valence-electron chi connectivity index (χ0n) is 8.95. The summed E-state index contributed by atoms with van der Waals surface area (Å²) in [5.74, 6) is 0.842. The predicted octanol–water partition coefficient (Wildman–Crippen LogP) is 0.681. The molecule has 0 spiro atoms. The molecule has 4 heteroatoms. The molecule has 0 aromatic rings. The zero-order valence-corrected chi connectivity index (χ0v) is 8.95. The number of amides is 1. The van der Waals surface area contributed by atoms with Gasteiger partial charge in [0.1, 0.15) is 0 Å². The molecule has 2 atom stereocenters. The SMILES string of the molecule is O=C1CC(C2CCC2)ON1C1CCNC1. The highest BCUT2D eigenvalue weighted by Gasteiger charge is 2.41. The van der Waals surface area contributed by atoms with Gasteiger partial charge >= 0.3 is 0 Å². The summed E-state index contributed by atoms with van der Waals surface area (Å²) < 4.78 is 0. The molecule has 3 aliphatic rings. The minimum atomic E-state index is 0.187. The van der Waals surface area contributed by atoms with E-state index in [1.54, 1.807) is 5.06 Å². The van der Waals surface area contributed by atoms with Gasteiger partial charge in [-0.3, -0.25) is 9.63 Å². The third-order valence-corrected chi connectivity index (χ3v) is 3.91. The zero-order chi connectivity index (χ0) is 10.3. The largest absolute Gasteiger partial charge is 0.315 e. The fourth-order valence-electron chi connectivity index (χ4n) is 2.70. The minimum absolute atomic E-state index is 0.187. The highest BCUT2D eigenvalue weighted by molar-refractivity contribution is 5.77. The summed E-state index contributed by atoms with van der Waals surface area (Å²) in [5.41, 5.74) is 0. The van der Waals surface area contributed by atoms with Crippen LogP contribution in [-0.4, -0.2) is 36.2 Å². The van der Waals surface area contributed by atoms with E-state index in [1.807, 2.05) is 0 Å². The average Bonchev–Trinajstić information content (AvgIpc) is 2.70. The fraction of sp³-hybridized carbons (Fsp3) is 0.909. The quantitative estimate of drug-likeness (QED) is 0.728. The Balaban J connectivity index is 1.62. The van der Waals surface area contributed by atoms with Crippen LogP contribution in [0.3, 0.4) is 0 Å². The van der Waals surface area contributed by atoms with Gasteiger partial charge in [-0.25, -0.2) is 5.06 Å².